The third-order valence-corrected chi connectivity index (χ3v) is 6.61. The Morgan fingerprint density at radius 1 is 1.09 bits per heavy atom. The monoisotopic (exact) mass is 472 g/mol. The van der Waals surface area contributed by atoms with Crippen molar-refractivity contribution in [3.05, 3.63) is 76.6 Å². The molecule has 0 fully saturated rings. The van der Waals surface area contributed by atoms with Gasteiger partial charge in [-0.25, -0.2) is 4.98 Å². The summed E-state index contributed by atoms with van der Waals surface area (Å²) in [7, 11) is 1.90. The van der Waals surface area contributed by atoms with Gasteiger partial charge in [0, 0.05) is 49.1 Å². The van der Waals surface area contributed by atoms with Crippen molar-refractivity contribution < 1.29 is 4.79 Å². The Hall–Kier alpha value is -3.98. The Labute approximate surface area is 200 Å². The molecule has 1 amide bonds. The number of pyridine rings is 1. The van der Waals surface area contributed by atoms with Gasteiger partial charge in [0.05, 0.1) is 17.9 Å². The van der Waals surface area contributed by atoms with E-state index in [2.05, 4.69) is 20.5 Å². The van der Waals surface area contributed by atoms with Crippen molar-refractivity contribution >= 4 is 23.2 Å². The van der Waals surface area contributed by atoms with Crippen LogP contribution in [-0.2, 0) is 20.0 Å². The Balaban J connectivity index is 1.39. The van der Waals surface area contributed by atoms with E-state index in [1.807, 2.05) is 44.4 Å². The first-order valence-electron chi connectivity index (χ1n) is 10.9. The summed E-state index contributed by atoms with van der Waals surface area (Å²) >= 11 is 6.79. The van der Waals surface area contributed by atoms with E-state index >= 15 is 0 Å². The van der Waals surface area contributed by atoms with Gasteiger partial charge in [0.15, 0.2) is 0 Å². The lowest BCUT2D eigenvalue weighted by atomic mass is 9.99. The molecule has 0 saturated heterocycles. The first-order chi connectivity index (χ1) is 16.5. The Kier molecular flexibility index (Phi) is 4.73. The number of nitrogens with one attached hydrogen (secondary N) is 1. The molecule has 0 aliphatic carbocycles. The SMILES string of the molecule is Cc1nn(C)cc1-c1ccccc1-c1nc2cc(C(=O)N3CCc4n[nH]nc4C3)ccn2c1Cl. The van der Waals surface area contributed by atoms with Crippen molar-refractivity contribution in [1.82, 2.24) is 39.5 Å². The number of hydrogen-bond donors (Lipinski definition) is 1. The van der Waals surface area contributed by atoms with E-state index in [0.29, 0.717) is 41.6 Å². The second-order valence-corrected chi connectivity index (χ2v) is 8.79. The summed E-state index contributed by atoms with van der Waals surface area (Å²) in [4.78, 5) is 19.8. The fourth-order valence-electron chi connectivity index (χ4n) is 4.57. The number of aromatic nitrogens is 7. The average Bonchev–Trinajstić information content (AvgIpc) is 3.54. The third kappa shape index (κ3) is 3.28. The van der Waals surface area contributed by atoms with Crippen LogP contribution in [0.4, 0.5) is 0 Å². The molecule has 34 heavy (non-hydrogen) atoms. The number of H-pyrrole nitrogens is 1. The molecule has 5 aromatic rings. The minimum absolute atomic E-state index is 0.0665. The number of hydrogen-bond acceptors (Lipinski definition) is 5. The van der Waals surface area contributed by atoms with Gasteiger partial charge in [-0.1, -0.05) is 35.9 Å². The Bertz CT molecular complexity index is 1560. The maximum absolute atomic E-state index is 13.2. The van der Waals surface area contributed by atoms with Gasteiger partial charge in [0.2, 0.25) is 0 Å². The average molecular weight is 473 g/mol. The maximum atomic E-state index is 13.2. The molecule has 0 atom stereocenters. The molecule has 1 aromatic carbocycles. The highest BCUT2D eigenvalue weighted by Crippen LogP contribution is 2.37. The number of carbonyl (C=O) groups is 1. The number of fused-ring (bicyclic) bond motifs is 2. The van der Waals surface area contributed by atoms with Crippen molar-refractivity contribution in [2.45, 2.75) is 19.9 Å². The summed E-state index contributed by atoms with van der Waals surface area (Å²) in [6.45, 7) is 3.02. The van der Waals surface area contributed by atoms with Crippen LogP contribution < -0.4 is 0 Å². The first-order valence-corrected chi connectivity index (χ1v) is 11.3. The minimum atomic E-state index is -0.0665. The summed E-state index contributed by atoms with van der Waals surface area (Å²) in [5.74, 6) is -0.0665. The zero-order chi connectivity index (χ0) is 23.4. The van der Waals surface area contributed by atoms with Crippen molar-refractivity contribution in [3.63, 3.8) is 0 Å². The molecule has 0 bridgehead atoms. The molecule has 0 saturated carbocycles. The molecule has 170 valence electrons. The largest absolute Gasteiger partial charge is 0.332 e. The molecule has 9 nitrogen and oxygen atoms in total. The van der Waals surface area contributed by atoms with Gasteiger partial charge in [-0.3, -0.25) is 13.9 Å². The number of nitrogens with zero attached hydrogens (tertiary/aromatic N) is 7. The number of amides is 1. The number of rotatable bonds is 3. The molecule has 6 rings (SSSR count). The maximum Gasteiger partial charge on any atom is 0.254 e. The second kappa shape index (κ2) is 7.81. The van der Waals surface area contributed by atoms with Crippen LogP contribution in [0.25, 0.3) is 28.0 Å². The van der Waals surface area contributed by atoms with Gasteiger partial charge < -0.3 is 4.90 Å². The second-order valence-electron chi connectivity index (χ2n) is 8.44. The molecular weight excluding hydrogens is 452 g/mol. The van der Waals surface area contributed by atoms with Crippen molar-refractivity contribution in [1.29, 1.82) is 0 Å². The lowest BCUT2D eigenvalue weighted by Gasteiger charge is -2.25. The molecule has 0 spiro atoms. The molecule has 1 aliphatic rings. The number of benzene rings is 1. The van der Waals surface area contributed by atoms with Crippen LogP contribution in [-0.4, -0.2) is 51.9 Å². The third-order valence-electron chi connectivity index (χ3n) is 6.25. The van der Waals surface area contributed by atoms with E-state index in [1.165, 1.54) is 0 Å². The normalized spacial score (nSPS) is 13.4. The summed E-state index contributed by atoms with van der Waals surface area (Å²) in [6, 6.07) is 11.6. The van der Waals surface area contributed by atoms with Gasteiger partial charge in [-0.2, -0.15) is 20.5 Å². The van der Waals surface area contributed by atoms with Crippen LogP contribution in [0, 0.1) is 6.92 Å². The molecular formula is C24H21ClN8O. The molecule has 0 radical (unpaired) electrons. The van der Waals surface area contributed by atoms with E-state index < -0.39 is 0 Å². The smallest absolute Gasteiger partial charge is 0.254 e. The van der Waals surface area contributed by atoms with E-state index in [-0.39, 0.29) is 5.91 Å². The van der Waals surface area contributed by atoms with Gasteiger partial charge in [0.1, 0.15) is 22.2 Å². The zero-order valence-electron chi connectivity index (χ0n) is 18.7. The van der Waals surface area contributed by atoms with E-state index in [9.17, 15) is 4.79 Å². The summed E-state index contributed by atoms with van der Waals surface area (Å²) in [5, 5.41) is 15.9. The number of imidazole rings is 1. The molecule has 4 aromatic heterocycles. The highest BCUT2D eigenvalue weighted by Gasteiger charge is 2.25. The topological polar surface area (TPSA) is 97.0 Å². The highest BCUT2D eigenvalue weighted by atomic mass is 35.5. The molecule has 1 N–H and O–H groups in total. The Morgan fingerprint density at radius 3 is 2.68 bits per heavy atom. The fraction of sp³-hybridized carbons (Fsp3) is 0.208. The highest BCUT2D eigenvalue weighted by molar-refractivity contribution is 6.32. The zero-order valence-corrected chi connectivity index (χ0v) is 19.4. The van der Waals surface area contributed by atoms with Crippen molar-refractivity contribution in [2.75, 3.05) is 6.54 Å². The quantitative estimate of drug-likeness (QED) is 0.432. The van der Waals surface area contributed by atoms with Crippen molar-refractivity contribution in [3.8, 4) is 22.4 Å². The summed E-state index contributed by atoms with van der Waals surface area (Å²) in [6.07, 6.45) is 4.47. The van der Waals surface area contributed by atoms with E-state index in [0.717, 1.165) is 33.8 Å². The predicted octanol–water partition coefficient (Wildman–Crippen LogP) is 3.68. The van der Waals surface area contributed by atoms with Crippen LogP contribution in [0.15, 0.2) is 48.8 Å². The number of aryl methyl sites for hydroxylation is 2. The van der Waals surface area contributed by atoms with Crippen LogP contribution in [0.5, 0.6) is 0 Å². The molecule has 5 heterocycles. The summed E-state index contributed by atoms with van der Waals surface area (Å²) in [5.41, 5.74) is 7.45. The number of carbonyl (C=O) groups excluding carboxylic acids is 1. The number of halogens is 1. The molecule has 1 aliphatic heterocycles. The number of aromatic amines is 1. The van der Waals surface area contributed by atoms with E-state index in [4.69, 9.17) is 16.6 Å². The Morgan fingerprint density at radius 2 is 1.88 bits per heavy atom. The van der Waals surface area contributed by atoms with Gasteiger partial charge in [-0.05, 0) is 24.6 Å². The van der Waals surface area contributed by atoms with Crippen LogP contribution in [0.3, 0.4) is 0 Å². The lowest BCUT2D eigenvalue weighted by Crippen LogP contribution is -2.36. The van der Waals surface area contributed by atoms with E-state index in [1.54, 1.807) is 32.3 Å². The minimum Gasteiger partial charge on any atom is -0.332 e. The van der Waals surface area contributed by atoms with Crippen LogP contribution in [0.2, 0.25) is 5.15 Å². The molecule has 0 unspecified atom stereocenters. The molecule has 10 heteroatoms. The van der Waals surface area contributed by atoms with Crippen molar-refractivity contribution in [2.24, 2.45) is 7.05 Å². The first kappa shape index (κ1) is 20.6. The summed E-state index contributed by atoms with van der Waals surface area (Å²) < 4.78 is 3.60. The lowest BCUT2D eigenvalue weighted by molar-refractivity contribution is 0.0732. The predicted molar refractivity (Wildman–Crippen MR) is 127 cm³/mol. The van der Waals surface area contributed by atoms with Gasteiger partial charge >= 0.3 is 0 Å². The van der Waals surface area contributed by atoms with Gasteiger partial charge in [-0.15, -0.1) is 0 Å². The fourth-order valence-corrected chi connectivity index (χ4v) is 4.85. The standard InChI is InChI=1S/C24H21ClN8O/c1-14-18(12-31(2)29-14)16-5-3-4-6-17(16)22-23(25)33-10-7-15(11-21(33)26-22)24(34)32-9-8-19-20(13-32)28-30-27-19/h3-7,10-12H,8-9,13H2,1-2H3,(H,27,28,30). The van der Waals surface area contributed by atoms with Crippen LogP contribution in [0.1, 0.15) is 27.4 Å². The van der Waals surface area contributed by atoms with Gasteiger partial charge in [0.25, 0.3) is 5.91 Å². The van der Waals surface area contributed by atoms with Crippen LogP contribution >= 0.6 is 11.6 Å².